The molecule has 0 aromatic carbocycles. The number of rotatable bonds is 18. The van der Waals surface area contributed by atoms with Gasteiger partial charge in [0.05, 0.1) is 12.2 Å². The van der Waals surface area contributed by atoms with E-state index in [1.54, 1.807) is 38.2 Å². The molecule has 0 saturated carbocycles. The molecule has 10 heteroatoms. The minimum absolute atomic E-state index is 0.0372. The van der Waals surface area contributed by atoms with E-state index in [1.165, 1.54) is 12.2 Å². The van der Waals surface area contributed by atoms with Gasteiger partial charge in [-0.2, -0.15) is 0 Å². The van der Waals surface area contributed by atoms with Crippen LogP contribution in [0.5, 0.6) is 0 Å². The fourth-order valence-corrected chi connectivity index (χ4v) is 13.4. The highest BCUT2D eigenvalue weighted by atomic mass is 28.4. The Balaban J connectivity index is 3.60. The third-order valence-corrected chi connectivity index (χ3v) is 21.3. The molecule has 0 unspecified atom stereocenters. The van der Waals surface area contributed by atoms with Gasteiger partial charge >= 0.3 is 11.9 Å². The average molecular weight is 761 g/mol. The first-order valence-electron chi connectivity index (χ1n) is 19.9. The second-order valence-electron chi connectivity index (χ2n) is 15.2. The first-order valence-corrected chi connectivity index (χ1v) is 25.0. The minimum atomic E-state index is -2.12. The predicted octanol–water partition coefficient (Wildman–Crippen LogP) is 9.82. The lowest BCUT2D eigenvalue weighted by molar-refractivity contribution is -0.152. The standard InChI is InChI=1S/C42H72O8Si2/c1-15-51(16-2,17-3)49-41(31(9)35(13)43)33(11)39-29(7)25-21-23-28-38(46)48-40(30(8)26-22-24-27-37(45)47-39)34(12)42(32(10)36(14)44)50-52(18-4,19-5)20-6/h21-34,39-42H,15-20H2,1-14H3/b25-21+,26-22+,27-24+,28-23+/t29-,30-,31+,32+,33+,34+,39-,40-,41-,42-/m0/s1. The van der Waals surface area contributed by atoms with Crippen LogP contribution in [-0.2, 0) is 37.5 Å². The number of cyclic esters (lactones) is 2. The van der Waals surface area contributed by atoms with E-state index < -0.39 is 53.0 Å². The molecule has 0 aromatic heterocycles. The lowest BCUT2D eigenvalue weighted by Crippen LogP contribution is -2.49. The maximum atomic E-state index is 13.4. The highest BCUT2D eigenvalue weighted by Crippen LogP contribution is 2.35. The number of esters is 2. The van der Waals surface area contributed by atoms with Crippen molar-refractivity contribution in [1.82, 2.24) is 0 Å². The van der Waals surface area contributed by atoms with Gasteiger partial charge in [-0.25, -0.2) is 9.59 Å². The number of hydrogen-bond donors (Lipinski definition) is 0. The van der Waals surface area contributed by atoms with E-state index in [2.05, 4.69) is 41.5 Å². The summed E-state index contributed by atoms with van der Waals surface area (Å²) in [7, 11) is -4.23. The number of ketones is 2. The van der Waals surface area contributed by atoms with E-state index in [1.807, 2.05) is 53.7 Å². The number of allylic oxidation sites excluding steroid dienone is 4. The first-order chi connectivity index (χ1) is 24.4. The molecule has 0 amide bonds. The summed E-state index contributed by atoms with van der Waals surface area (Å²) in [5, 5.41) is 0. The Hall–Kier alpha value is -2.41. The lowest BCUT2D eigenvalue weighted by Gasteiger charge is -2.41. The second-order valence-corrected chi connectivity index (χ2v) is 24.6. The van der Waals surface area contributed by atoms with Crippen molar-refractivity contribution in [1.29, 1.82) is 0 Å². The lowest BCUT2D eigenvalue weighted by atomic mass is 9.82. The van der Waals surface area contributed by atoms with Crippen molar-refractivity contribution in [2.45, 2.75) is 158 Å². The van der Waals surface area contributed by atoms with Gasteiger partial charge < -0.3 is 18.3 Å². The molecule has 1 rings (SSSR count). The Bertz CT molecular complexity index is 1150. The Labute approximate surface area is 318 Å². The Morgan fingerprint density at radius 3 is 1.13 bits per heavy atom. The molecule has 0 saturated heterocycles. The summed E-state index contributed by atoms with van der Waals surface area (Å²) >= 11 is 0. The van der Waals surface area contributed by atoms with Crippen molar-refractivity contribution in [3.63, 3.8) is 0 Å². The van der Waals surface area contributed by atoms with Crippen LogP contribution >= 0.6 is 0 Å². The molecular formula is C42H72O8Si2. The van der Waals surface area contributed by atoms with Gasteiger partial charge in [-0.1, -0.05) is 120 Å². The fraction of sp³-hybridized carbons (Fsp3) is 0.714. The molecule has 8 nitrogen and oxygen atoms in total. The molecule has 0 radical (unpaired) electrons. The van der Waals surface area contributed by atoms with E-state index in [9.17, 15) is 19.2 Å². The zero-order valence-corrected chi connectivity index (χ0v) is 36.9. The molecule has 52 heavy (non-hydrogen) atoms. The maximum Gasteiger partial charge on any atom is 0.331 e. The number of carbonyl (C=O) groups is 4. The Morgan fingerprint density at radius 2 is 0.885 bits per heavy atom. The van der Waals surface area contributed by atoms with E-state index in [-0.39, 0.29) is 47.1 Å². The smallest absolute Gasteiger partial charge is 0.331 e. The Morgan fingerprint density at radius 1 is 0.596 bits per heavy atom. The van der Waals surface area contributed by atoms with E-state index in [0.717, 1.165) is 36.3 Å². The van der Waals surface area contributed by atoms with Crippen LogP contribution in [0.25, 0.3) is 0 Å². The molecule has 0 aromatic rings. The van der Waals surface area contributed by atoms with Crippen molar-refractivity contribution in [2.75, 3.05) is 0 Å². The van der Waals surface area contributed by atoms with Gasteiger partial charge in [-0.3, -0.25) is 9.59 Å². The van der Waals surface area contributed by atoms with Gasteiger partial charge in [0, 0.05) is 47.7 Å². The van der Waals surface area contributed by atoms with Crippen LogP contribution in [0.15, 0.2) is 48.6 Å². The SMILES string of the molecule is CC[Si](CC)(CC)O[C@H]([C@H](C)[C@H]1OC(=O)/C=C/C=C/[C@H](C)[C@@H]([C@@H](C)[C@@H](O[Si](CC)(CC)CC)[C@H](C)C(C)=O)OC(=O)/C=C/C=C/[C@@H]1C)[C@H](C)C(C)=O. The predicted molar refractivity (Wildman–Crippen MR) is 217 cm³/mol. The van der Waals surface area contributed by atoms with E-state index in [4.69, 9.17) is 18.3 Å². The number of Topliss-reactive ketones (excluding diaryl/α,β-unsaturated/α-hetero) is 2. The average Bonchev–Trinajstić information content (AvgIpc) is 3.13. The summed E-state index contributed by atoms with van der Waals surface area (Å²) in [5.74, 6) is -2.76. The summed E-state index contributed by atoms with van der Waals surface area (Å²) in [6.07, 6.45) is 11.4. The van der Waals surface area contributed by atoms with Gasteiger partial charge in [0.25, 0.3) is 0 Å². The van der Waals surface area contributed by atoms with Gasteiger partial charge in [0.1, 0.15) is 23.8 Å². The van der Waals surface area contributed by atoms with Crippen molar-refractivity contribution in [2.24, 2.45) is 35.5 Å². The van der Waals surface area contributed by atoms with Crippen LogP contribution in [0.4, 0.5) is 0 Å². The zero-order chi connectivity index (χ0) is 39.8. The van der Waals surface area contributed by atoms with Crippen LogP contribution in [0.1, 0.15) is 96.9 Å². The molecule has 0 N–H and O–H groups in total. The third-order valence-electron chi connectivity index (χ3n) is 12.0. The van der Waals surface area contributed by atoms with Gasteiger partial charge in [0.15, 0.2) is 16.6 Å². The maximum absolute atomic E-state index is 13.4. The molecule has 0 bridgehead atoms. The van der Waals surface area contributed by atoms with Crippen LogP contribution in [0.3, 0.4) is 0 Å². The monoisotopic (exact) mass is 760 g/mol. The number of ether oxygens (including phenoxy) is 2. The van der Waals surface area contributed by atoms with Crippen molar-refractivity contribution in [3.05, 3.63) is 48.6 Å². The number of carbonyl (C=O) groups excluding carboxylic acids is 4. The molecule has 296 valence electrons. The highest BCUT2D eigenvalue weighted by molar-refractivity contribution is 6.74. The van der Waals surface area contributed by atoms with Gasteiger partial charge in [0.2, 0.25) is 0 Å². The van der Waals surface area contributed by atoms with Crippen LogP contribution in [-0.4, -0.2) is 64.6 Å². The summed E-state index contributed by atoms with van der Waals surface area (Å²) in [5.41, 5.74) is 0. The summed E-state index contributed by atoms with van der Waals surface area (Å²) < 4.78 is 26.3. The molecule has 0 fully saturated rings. The molecule has 0 spiro atoms. The first kappa shape index (κ1) is 47.6. The summed E-state index contributed by atoms with van der Waals surface area (Å²) in [6, 6.07) is 5.61. The Kier molecular flexibility index (Phi) is 20.8. The molecule has 1 aliphatic heterocycles. The van der Waals surface area contributed by atoms with Crippen molar-refractivity contribution in [3.8, 4) is 0 Å². The largest absolute Gasteiger partial charge is 0.458 e. The quantitative estimate of drug-likeness (QED) is 0.100. The second kappa shape index (κ2) is 22.7. The molecule has 0 aliphatic carbocycles. The minimum Gasteiger partial charge on any atom is -0.458 e. The van der Waals surface area contributed by atoms with Crippen LogP contribution in [0.2, 0.25) is 36.3 Å². The normalized spacial score (nSPS) is 26.8. The fourth-order valence-electron chi connectivity index (χ4n) is 7.44. The highest BCUT2D eigenvalue weighted by Gasteiger charge is 2.43. The van der Waals surface area contributed by atoms with Gasteiger partial charge in [-0.15, -0.1) is 0 Å². The van der Waals surface area contributed by atoms with E-state index >= 15 is 0 Å². The molecule has 1 heterocycles. The number of hydrogen-bond acceptors (Lipinski definition) is 8. The van der Waals surface area contributed by atoms with E-state index in [0.29, 0.717) is 0 Å². The molecule has 1 aliphatic rings. The molecular weight excluding hydrogens is 689 g/mol. The summed E-state index contributed by atoms with van der Waals surface area (Å²) in [6.45, 7) is 27.9. The van der Waals surface area contributed by atoms with Gasteiger partial charge in [-0.05, 0) is 50.1 Å². The molecule has 10 atom stereocenters. The van der Waals surface area contributed by atoms with Crippen LogP contribution in [0, 0.1) is 35.5 Å². The van der Waals surface area contributed by atoms with Crippen molar-refractivity contribution >= 4 is 40.1 Å². The van der Waals surface area contributed by atoms with Crippen LogP contribution < -0.4 is 0 Å². The third kappa shape index (κ3) is 13.5. The zero-order valence-electron chi connectivity index (χ0n) is 34.9. The summed E-state index contributed by atoms with van der Waals surface area (Å²) in [4.78, 5) is 52.2. The van der Waals surface area contributed by atoms with Crippen molar-refractivity contribution < 1.29 is 37.5 Å². The topological polar surface area (TPSA) is 105 Å².